The summed E-state index contributed by atoms with van der Waals surface area (Å²) in [5.41, 5.74) is 4.21. The largest absolute Gasteiger partial charge is 0.363 e. The highest BCUT2D eigenvalue weighted by Gasteiger charge is 2.38. The average molecular weight is 449 g/mol. The van der Waals surface area contributed by atoms with Crippen molar-refractivity contribution in [2.24, 2.45) is 5.92 Å². The molecule has 0 spiro atoms. The van der Waals surface area contributed by atoms with E-state index in [4.69, 9.17) is 12.2 Å². The van der Waals surface area contributed by atoms with E-state index in [9.17, 15) is 0 Å². The van der Waals surface area contributed by atoms with Crippen LogP contribution in [0.15, 0.2) is 60.8 Å². The third kappa shape index (κ3) is 5.16. The zero-order valence-corrected chi connectivity index (χ0v) is 20.2. The molecule has 2 aromatic carbocycles. The molecule has 0 saturated heterocycles. The van der Waals surface area contributed by atoms with Gasteiger partial charge in [-0.3, -0.25) is 4.90 Å². The first-order chi connectivity index (χ1) is 15.6. The third-order valence-electron chi connectivity index (χ3n) is 7.23. The van der Waals surface area contributed by atoms with Crippen LogP contribution in [0.5, 0.6) is 0 Å². The molecule has 1 aliphatic carbocycles. The van der Waals surface area contributed by atoms with Gasteiger partial charge in [-0.25, -0.2) is 0 Å². The Hall–Kier alpha value is -2.37. The second-order valence-electron chi connectivity index (χ2n) is 9.34. The van der Waals surface area contributed by atoms with Gasteiger partial charge in [0.15, 0.2) is 5.11 Å². The molecule has 5 heteroatoms. The van der Waals surface area contributed by atoms with Crippen molar-refractivity contribution in [2.75, 3.05) is 27.2 Å². The zero-order chi connectivity index (χ0) is 22.4. The van der Waals surface area contributed by atoms with Crippen LogP contribution in [0.4, 0.5) is 0 Å². The van der Waals surface area contributed by atoms with E-state index in [0.717, 1.165) is 31.0 Å². The first kappa shape index (κ1) is 22.8. The highest BCUT2D eigenvalue weighted by Crippen LogP contribution is 2.42. The molecule has 1 saturated carbocycles. The van der Waals surface area contributed by atoms with Crippen LogP contribution in [0.3, 0.4) is 0 Å². The quantitative estimate of drug-likeness (QED) is 0.327. The molecule has 4 rings (SSSR count). The normalized spacial score (nSPS) is 21.0. The number of aryl methyl sites for hydroxylation is 1. The van der Waals surface area contributed by atoms with Gasteiger partial charge in [0.05, 0.1) is 0 Å². The van der Waals surface area contributed by atoms with Gasteiger partial charge < -0.3 is 15.6 Å². The third-order valence-corrected chi connectivity index (χ3v) is 7.52. The van der Waals surface area contributed by atoms with Gasteiger partial charge >= 0.3 is 0 Å². The molecule has 1 fully saturated rings. The van der Waals surface area contributed by atoms with Crippen molar-refractivity contribution in [1.82, 2.24) is 20.5 Å². The van der Waals surface area contributed by atoms with E-state index in [1.54, 1.807) is 0 Å². The van der Waals surface area contributed by atoms with Gasteiger partial charge in [-0.2, -0.15) is 0 Å². The number of fused-ring (bicyclic) bond motifs is 1. The van der Waals surface area contributed by atoms with Gasteiger partial charge in [0.1, 0.15) is 0 Å². The molecule has 0 bridgehead atoms. The first-order valence-corrected chi connectivity index (χ1v) is 12.3. The Kier molecular flexibility index (Phi) is 7.48. The molecule has 0 atom stereocenters. The van der Waals surface area contributed by atoms with Crippen LogP contribution in [-0.2, 0) is 12.0 Å². The molecule has 0 amide bonds. The van der Waals surface area contributed by atoms with Crippen LogP contribution >= 0.6 is 12.2 Å². The number of H-pyrrole nitrogens is 1. The van der Waals surface area contributed by atoms with Crippen LogP contribution in [0.25, 0.3) is 10.9 Å². The summed E-state index contributed by atoms with van der Waals surface area (Å²) in [6, 6.07) is 19.5. The van der Waals surface area contributed by atoms with E-state index in [2.05, 4.69) is 95.4 Å². The molecule has 32 heavy (non-hydrogen) atoms. The topological polar surface area (TPSA) is 43.1 Å². The minimum Gasteiger partial charge on any atom is -0.363 e. The maximum absolute atomic E-state index is 5.54. The van der Waals surface area contributed by atoms with E-state index in [1.165, 1.54) is 47.7 Å². The standard InChI is InChI=1S/C27H36N4S/c1-31(2)27(23-10-4-3-5-11-23)16-14-21(15-17-27)19-30-26(32)28-18-8-9-22-20-29-25-13-7-6-12-24(22)25/h3-7,10-13,20-21,29H,8-9,14-19H2,1-2H3,(H2,28,30,32). The summed E-state index contributed by atoms with van der Waals surface area (Å²) in [5, 5.41) is 8.98. The highest BCUT2D eigenvalue weighted by molar-refractivity contribution is 7.80. The van der Waals surface area contributed by atoms with Crippen LogP contribution in [0.1, 0.15) is 43.2 Å². The summed E-state index contributed by atoms with van der Waals surface area (Å²) in [5.74, 6) is 0.678. The van der Waals surface area contributed by atoms with E-state index in [0.29, 0.717) is 5.92 Å². The molecule has 1 heterocycles. The van der Waals surface area contributed by atoms with E-state index in [1.807, 2.05) is 0 Å². The summed E-state index contributed by atoms with van der Waals surface area (Å²) in [6.45, 7) is 1.86. The Morgan fingerprint density at radius 1 is 1.03 bits per heavy atom. The maximum atomic E-state index is 5.54. The van der Waals surface area contributed by atoms with Crippen LogP contribution in [0.2, 0.25) is 0 Å². The second-order valence-corrected chi connectivity index (χ2v) is 9.74. The summed E-state index contributed by atoms with van der Waals surface area (Å²) in [6.07, 6.45) is 9.09. The minimum atomic E-state index is 0.166. The number of thiocarbonyl (C=S) groups is 1. The predicted molar refractivity (Wildman–Crippen MR) is 139 cm³/mol. The molecule has 0 aliphatic heterocycles. The molecule has 3 aromatic rings. The smallest absolute Gasteiger partial charge is 0.166 e. The molecule has 1 aliphatic rings. The molecular formula is C27H36N4S. The van der Waals surface area contributed by atoms with Crippen molar-refractivity contribution in [2.45, 2.75) is 44.1 Å². The fourth-order valence-corrected chi connectivity index (χ4v) is 5.41. The molecule has 0 unspecified atom stereocenters. The van der Waals surface area contributed by atoms with Gasteiger partial charge in [0, 0.05) is 35.7 Å². The van der Waals surface area contributed by atoms with E-state index in [-0.39, 0.29) is 5.54 Å². The summed E-state index contributed by atoms with van der Waals surface area (Å²) >= 11 is 5.54. The summed E-state index contributed by atoms with van der Waals surface area (Å²) < 4.78 is 0. The lowest BCUT2D eigenvalue weighted by Crippen LogP contribution is -2.46. The first-order valence-electron chi connectivity index (χ1n) is 11.9. The number of aromatic amines is 1. The average Bonchev–Trinajstić information content (AvgIpc) is 3.24. The Morgan fingerprint density at radius 3 is 2.50 bits per heavy atom. The number of rotatable bonds is 8. The van der Waals surface area contributed by atoms with Crippen molar-refractivity contribution < 1.29 is 0 Å². The molecular weight excluding hydrogens is 412 g/mol. The lowest BCUT2D eigenvalue weighted by molar-refractivity contribution is 0.0781. The number of hydrogen-bond donors (Lipinski definition) is 3. The van der Waals surface area contributed by atoms with Crippen LogP contribution in [-0.4, -0.2) is 42.2 Å². The molecule has 3 N–H and O–H groups in total. The minimum absolute atomic E-state index is 0.166. The number of nitrogens with zero attached hydrogens (tertiary/aromatic N) is 1. The van der Waals surface area contributed by atoms with Crippen LogP contribution < -0.4 is 10.6 Å². The molecule has 1 aromatic heterocycles. The van der Waals surface area contributed by atoms with E-state index < -0.39 is 0 Å². The van der Waals surface area contributed by atoms with Crippen molar-refractivity contribution in [3.05, 3.63) is 71.9 Å². The molecule has 4 nitrogen and oxygen atoms in total. The summed E-state index contributed by atoms with van der Waals surface area (Å²) in [4.78, 5) is 5.78. The van der Waals surface area contributed by atoms with E-state index >= 15 is 0 Å². The number of hydrogen-bond acceptors (Lipinski definition) is 2. The fraction of sp³-hybridized carbons (Fsp3) is 0.444. The number of benzene rings is 2. The lowest BCUT2D eigenvalue weighted by atomic mass is 9.72. The van der Waals surface area contributed by atoms with Gasteiger partial charge in [-0.1, -0.05) is 48.5 Å². The Morgan fingerprint density at radius 2 is 1.75 bits per heavy atom. The Labute approximate surface area is 197 Å². The van der Waals surface area contributed by atoms with Gasteiger partial charge in [0.25, 0.3) is 0 Å². The molecule has 170 valence electrons. The van der Waals surface area contributed by atoms with Crippen molar-refractivity contribution in [1.29, 1.82) is 0 Å². The predicted octanol–water partition coefficient (Wildman–Crippen LogP) is 5.21. The summed E-state index contributed by atoms with van der Waals surface area (Å²) in [7, 11) is 4.45. The Bertz CT molecular complexity index is 1000. The number of aromatic nitrogens is 1. The lowest BCUT2D eigenvalue weighted by Gasteiger charge is -2.45. The van der Waals surface area contributed by atoms with Gasteiger partial charge in [-0.05, 0) is 87.9 Å². The monoisotopic (exact) mass is 448 g/mol. The zero-order valence-electron chi connectivity index (χ0n) is 19.4. The SMILES string of the molecule is CN(C)C1(c2ccccc2)CCC(CNC(=S)NCCCc2c[nH]c3ccccc23)CC1. The fourth-order valence-electron chi connectivity index (χ4n) is 5.22. The maximum Gasteiger partial charge on any atom is 0.166 e. The van der Waals surface area contributed by atoms with Gasteiger partial charge in [0.2, 0.25) is 0 Å². The number of para-hydroxylation sites is 1. The van der Waals surface area contributed by atoms with Crippen molar-refractivity contribution in [3.8, 4) is 0 Å². The van der Waals surface area contributed by atoms with Crippen molar-refractivity contribution >= 4 is 28.2 Å². The van der Waals surface area contributed by atoms with Crippen molar-refractivity contribution in [3.63, 3.8) is 0 Å². The van der Waals surface area contributed by atoms with Crippen LogP contribution in [0, 0.1) is 5.92 Å². The Balaban J connectivity index is 1.17. The highest BCUT2D eigenvalue weighted by atomic mass is 32.1. The number of nitrogens with one attached hydrogen (secondary N) is 3. The molecule has 0 radical (unpaired) electrons. The second kappa shape index (κ2) is 10.5. The van der Waals surface area contributed by atoms with Gasteiger partial charge in [-0.15, -0.1) is 0 Å².